The molecular formula is C24H22FN3O2S. The minimum Gasteiger partial charge on any atom is -0.461 e. The minimum absolute atomic E-state index is 0.0371. The zero-order valence-corrected chi connectivity index (χ0v) is 17.9. The number of amides is 1. The maximum Gasteiger partial charge on any atom is 0.274 e. The lowest BCUT2D eigenvalue weighted by molar-refractivity contribution is 0.0626. The lowest BCUT2D eigenvalue weighted by atomic mass is 10.1. The number of benzene rings is 2. The summed E-state index contributed by atoms with van der Waals surface area (Å²) in [4.78, 5) is 20.8. The Balaban J connectivity index is 1.44. The van der Waals surface area contributed by atoms with Crippen molar-refractivity contribution in [3.05, 3.63) is 76.9 Å². The SMILES string of the molecule is Cc1nc(C(=O)N2CCNCC2Cc2cc3ccccc3o2)c(-c2ccc(F)cc2)s1. The Kier molecular flexibility index (Phi) is 5.29. The maximum absolute atomic E-state index is 13.6. The highest BCUT2D eigenvalue weighted by Gasteiger charge is 2.31. The van der Waals surface area contributed by atoms with Crippen LogP contribution in [-0.2, 0) is 6.42 Å². The number of hydrogen-bond acceptors (Lipinski definition) is 5. The molecule has 0 spiro atoms. The summed E-state index contributed by atoms with van der Waals surface area (Å²) in [6.07, 6.45) is 0.627. The molecule has 5 nitrogen and oxygen atoms in total. The van der Waals surface area contributed by atoms with Crippen LogP contribution in [0.4, 0.5) is 4.39 Å². The molecule has 1 fully saturated rings. The van der Waals surface area contributed by atoms with Crippen LogP contribution in [0, 0.1) is 12.7 Å². The van der Waals surface area contributed by atoms with Crippen LogP contribution in [0.25, 0.3) is 21.4 Å². The van der Waals surface area contributed by atoms with E-state index in [1.165, 1.54) is 23.5 Å². The van der Waals surface area contributed by atoms with Gasteiger partial charge < -0.3 is 14.6 Å². The number of furan rings is 1. The number of nitrogens with zero attached hydrogens (tertiary/aromatic N) is 2. The topological polar surface area (TPSA) is 58.4 Å². The van der Waals surface area contributed by atoms with Gasteiger partial charge >= 0.3 is 0 Å². The third-order valence-electron chi connectivity index (χ3n) is 5.57. The van der Waals surface area contributed by atoms with E-state index >= 15 is 0 Å². The molecule has 4 aromatic rings. The highest BCUT2D eigenvalue weighted by Crippen LogP contribution is 2.32. The monoisotopic (exact) mass is 435 g/mol. The van der Waals surface area contributed by atoms with Crippen molar-refractivity contribution in [1.29, 1.82) is 0 Å². The van der Waals surface area contributed by atoms with Gasteiger partial charge in [-0.15, -0.1) is 11.3 Å². The van der Waals surface area contributed by atoms with E-state index in [-0.39, 0.29) is 17.8 Å². The van der Waals surface area contributed by atoms with Gasteiger partial charge in [-0.05, 0) is 36.8 Å². The Morgan fingerprint density at radius 3 is 2.87 bits per heavy atom. The zero-order valence-electron chi connectivity index (χ0n) is 17.1. The molecule has 5 rings (SSSR count). The standard InChI is InChI=1S/C24H22FN3O2S/c1-15-27-22(23(31-15)16-6-8-18(25)9-7-16)24(29)28-11-10-26-14-19(28)13-20-12-17-4-2-3-5-21(17)30-20/h2-9,12,19,26H,10-11,13-14H2,1H3. The van der Waals surface area contributed by atoms with Gasteiger partial charge in [0.1, 0.15) is 22.9 Å². The predicted molar refractivity (Wildman–Crippen MR) is 120 cm³/mol. The number of carbonyl (C=O) groups excluding carboxylic acids is 1. The van der Waals surface area contributed by atoms with E-state index in [4.69, 9.17) is 4.42 Å². The molecule has 158 valence electrons. The first-order valence-corrected chi connectivity index (χ1v) is 11.1. The fourth-order valence-electron chi connectivity index (χ4n) is 4.09. The molecule has 1 unspecified atom stereocenters. The molecule has 1 atom stereocenters. The first-order chi connectivity index (χ1) is 15.1. The molecule has 1 aliphatic heterocycles. The first-order valence-electron chi connectivity index (χ1n) is 10.3. The Bertz CT molecular complexity index is 1200. The Morgan fingerprint density at radius 1 is 1.26 bits per heavy atom. The number of nitrogens with one attached hydrogen (secondary N) is 1. The molecule has 0 saturated carbocycles. The van der Waals surface area contributed by atoms with Crippen LogP contribution in [0.3, 0.4) is 0 Å². The number of aromatic nitrogens is 1. The van der Waals surface area contributed by atoms with Crippen molar-refractivity contribution in [2.45, 2.75) is 19.4 Å². The van der Waals surface area contributed by atoms with Crippen molar-refractivity contribution in [2.75, 3.05) is 19.6 Å². The van der Waals surface area contributed by atoms with Crippen LogP contribution in [0.2, 0.25) is 0 Å². The predicted octanol–water partition coefficient (Wildman–Crippen LogP) is 4.66. The summed E-state index contributed by atoms with van der Waals surface area (Å²) >= 11 is 1.46. The van der Waals surface area contributed by atoms with E-state index < -0.39 is 0 Å². The van der Waals surface area contributed by atoms with E-state index in [0.29, 0.717) is 25.2 Å². The van der Waals surface area contributed by atoms with Crippen molar-refractivity contribution in [3.8, 4) is 10.4 Å². The van der Waals surface area contributed by atoms with Crippen LogP contribution in [-0.4, -0.2) is 41.5 Å². The molecule has 1 saturated heterocycles. The maximum atomic E-state index is 13.6. The van der Waals surface area contributed by atoms with Gasteiger partial charge in [0.15, 0.2) is 0 Å². The van der Waals surface area contributed by atoms with E-state index in [1.54, 1.807) is 12.1 Å². The highest BCUT2D eigenvalue weighted by molar-refractivity contribution is 7.15. The van der Waals surface area contributed by atoms with E-state index in [1.807, 2.05) is 42.2 Å². The molecule has 3 heterocycles. The smallest absolute Gasteiger partial charge is 0.274 e. The Labute approximate surface area is 183 Å². The molecule has 2 aromatic carbocycles. The summed E-state index contributed by atoms with van der Waals surface area (Å²) in [6, 6.07) is 16.1. The van der Waals surface area contributed by atoms with Gasteiger partial charge in [0.25, 0.3) is 5.91 Å². The normalized spacial score (nSPS) is 16.7. The third-order valence-corrected chi connectivity index (χ3v) is 6.59. The summed E-state index contributed by atoms with van der Waals surface area (Å²) in [5.74, 6) is 0.470. The fraction of sp³-hybridized carbons (Fsp3) is 0.250. The summed E-state index contributed by atoms with van der Waals surface area (Å²) in [6.45, 7) is 3.91. The second-order valence-corrected chi connectivity index (χ2v) is 8.93. The van der Waals surface area contributed by atoms with Crippen LogP contribution in [0.15, 0.2) is 59.0 Å². The Hall–Kier alpha value is -3.03. The number of rotatable bonds is 4. The largest absolute Gasteiger partial charge is 0.461 e. The van der Waals surface area contributed by atoms with E-state index in [2.05, 4.69) is 10.3 Å². The van der Waals surface area contributed by atoms with Crippen molar-refractivity contribution in [2.24, 2.45) is 0 Å². The second kappa shape index (κ2) is 8.24. The quantitative estimate of drug-likeness (QED) is 0.507. The van der Waals surface area contributed by atoms with Crippen molar-refractivity contribution in [1.82, 2.24) is 15.2 Å². The van der Waals surface area contributed by atoms with Gasteiger partial charge in [-0.3, -0.25) is 4.79 Å². The fourth-order valence-corrected chi connectivity index (χ4v) is 5.00. The number of piperazine rings is 1. The molecule has 0 aliphatic carbocycles. The highest BCUT2D eigenvalue weighted by atomic mass is 32.1. The van der Waals surface area contributed by atoms with Gasteiger partial charge in [0.05, 0.1) is 15.9 Å². The number of fused-ring (bicyclic) bond motifs is 1. The molecule has 31 heavy (non-hydrogen) atoms. The van der Waals surface area contributed by atoms with Crippen LogP contribution in [0.5, 0.6) is 0 Å². The van der Waals surface area contributed by atoms with Gasteiger partial charge in [-0.1, -0.05) is 30.3 Å². The number of carbonyl (C=O) groups is 1. The van der Waals surface area contributed by atoms with E-state index in [0.717, 1.165) is 38.7 Å². The van der Waals surface area contributed by atoms with Crippen molar-refractivity contribution in [3.63, 3.8) is 0 Å². The summed E-state index contributed by atoms with van der Waals surface area (Å²) in [5, 5.41) is 5.26. The number of thiazole rings is 1. The number of halogens is 1. The average Bonchev–Trinajstić information content (AvgIpc) is 3.37. The lowest BCUT2D eigenvalue weighted by Crippen LogP contribution is -2.54. The van der Waals surface area contributed by atoms with Crippen molar-refractivity contribution >= 4 is 28.2 Å². The molecule has 2 aromatic heterocycles. The Morgan fingerprint density at radius 2 is 2.06 bits per heavy atom. The molecule has 0 radical (unpaired) electrons. The van der Waals surface area contributed by atoms with Crippen LogP contribution >= 0.6 is 11.3 Å². The van der Waals surface area contributed by atoms with Gasteiger partial charge in [0.2, 0.25) is 0 Å². The third kappa shape index (κ3) is 3.98. The molecule has 0 bridgehead atoms. The summed E-state index contributed by atoms with van der Waals surface area (Å²) in [5.41, 5.74) is 2.10. The molecule has 1 amide bonds. The van der Waals surface area contributed by atoms with Crippen molar-refractivity contribution < 1.29 is 13.6 Å². The zero-order chi connectivity index (χ0) is 21.4. The van der Waals surface area contributed by atoms with E-state index in [9.17, 15) is 9.18 Å². The van der Waals surface area contributed by atoms with Gasteiger partial charge in [0, 0.05) is 31.4 Å². The van der Waals surface area contributed by atoms with Crippen LogP contribution < -0.4 is 5.32 Å². The second-order valence-electron chi connectivity index (χ2n) is 7.73. The number of hydrogen-bond donors (Lipinski definition) is 1. The molecule has 1 aliphatic rings. The first kappa shape index (κ1) is 19.9. The lowest BCUT2D eigenvalue weighted by Gasteiger charge is -2.35. The molecule has 7 heteroatoms. The number of aryl methyl sites for hydroxylation is 1. The van der Waals surface area contributed by atoms with Gasteiger partial charge in [-0.25, -0.2) is 9.37 Å². The summed E-state index contributed by atoms with van der Waals surface area (Å²) in [7, 11) is 0. The van der Waals surface area contributed by atoms with Gasteiger partial charge in [-0.2, -0.15) is 0 Å². The number of para-hydroxylation sites is 1. The minimum atomic E-state index is -0.300. The molecule has 1 N–H and O–H groups in total. The molecular weight excluding hydrogens is 413 g/mol. The summed E-state index contributed by atoms with van der Waals surface area (Å²) < 4.78 is 19.4. The average molecular weight is 436 g/mol. The van der Waals surface area contributed by atoms with Crippen LogP contribution in [0.1, 0.15) is 21.3 Å².